The fourth-order valence-corrected chi connectivity index (χ4v) is 1.49. The number of rotatable bonds is 3. The number of carbonyl (C=O) groups is 1. The van der Waals surface area contributed by atoms with Crippen LogP contribution in [0, 0.1) is 5.92 Å². The number of hydrogen-bond acceptors (Lipinski definition) is 3. The summed E-state index contributed by atoms with van der Waals surface area (Å²) in [4.78, 5) is 13.6. The second-order valence-electron chi connectivity index (χ2n) is 3.85. The van der Waals surface area contributed by atoms with Crippen molar-refractivity contribution in [3.63, 3.8) is 0 Å². The quantitative estimate of drug-likeness (QED) is 0.709. The summed E-state index contributed by atoms with van der Waals surface area (Å²) in [7, 11) is 0. The second kappa shape index (κ2) is 5.32. The highest BCUT2D eigenvalue weighted by atomic mass is 16.5. The van der Waals surface area contributed by atoms with Crippen LogP contribution in [-0.2, 0) is 9.53 Å². The van der Waals surface area contributed by atoms with E-state index in [1.807, 2.05) is 6.92 Å². The number of carbonyl (C=O) groups excluding carboxylic acids is 1. The molecular weight excluding hydrogens is 180 g/mol. The number of amides is 1. The number of nitrogens with zero attached hydrogens (tertiary/aromatic N) is 1. The van der Waals surface area contributed by atoms with E-state index in [0.717, 1.165) is 6.42 Å². The molecule has 2 unspecified atom stereocenters. The minimum atomic E-state index is -0.349. The van der Waals surface area contributed by atoms with Crippen molar-refractivity contribution < 1.29 is 9.53 Å². The zero-order valence-corrected chi connectivity index (χ0v) is 9.03. The number of morpholine rings is 1. The molecule has 1 heterocycles. The molecule has 0 aliphatic carbocycles. The van der Waals surface area contributed by atoms with Crippen molar-refractivity contribution in [2.45, 2.75) is 26.3 Å². The van der Waals surface area contributed by atoms with E-state index in [9.17, 15) is 4.79 Å². The largest absolute Gasteiger partial charge is 0.378 e. The summed E-state index contributed by atoms with van der Waals surface area (Å²) >= 11 is 0. The fourth-order valence-electron chi connectivity index (χ4n) is 1.49. The van der Waals surface area contributed by atoms with Gasteiger partial charge >= 0.3 is 0 Å². The topological polar surface area (TPSA) is 55.6 Å². The highest BCUT2D eigenvalue weighted by Crippen LogP contribution is 2.09. The molecule has 1 saturated heterocycles. The molecule has 1 amide bonds. The van der Waals surface area contributed by atoms with E-state index < -0.39 is 0 Å². The fraction of sp³-hybridized carbons (Fsp3) is 0.900. The first-order valence-corrected chi connectivity index (χ1v) is 5.29. The first-order valence-electron chi connectivity index (χ1n) is 5.29. The van der Waals surface area contributed by atoms with E-state index in [1.54, 1.807) is 4.90 Å². The lowest BCUT2D eigenvalue weighted by Crippen LogP contribution is -2.50. The average Bonchev–Trinajstić information content (AvgIpc) is 2.27. The average molecular weight is 200 g/mol. The Morgan fingerprint density at radius 3 is 2.57 bits per heavy atom. The molecule has 4 heteroatoms. The Morgan fingerprint density at radius 2 is 2.07 bits per heavy atom. The molecule has 0 spiro atoms. The van der Waals surface area contributed by atoms with E-state index in [-0.39, 0.29) is 17.9 Å². The molecule has 82 valence electrons. The van der Waals surface area contributed by atoms with Gasteiger partial charge < -0.3 is 15.4 Å². The van der Waals surface area contributed by atoms with E-state index >= 15 is 0 Å². The van der Waals surface area contributed by atoms with Gasteiger partial charge in [0.2, 0.25) is 5.91 Å². The van der Waals surface area contributed by atoms with E-state index in [1.165, 1.54) is 0 Å². The van der Waals surface area contributed by atoms with Crippen molar-refractivity contribution in [1.29, 1.82) is 0 Å². The van der Waals surface area contributed by atoms with Gasteiger partial charge in [-0.15, -0.1) is 0 Å². The third kappa shape index (κ3) is 2.69. The van der Waals surface area contributed by atoms with Gasteiger partial charge in [-0.3, -0.25) is 4.79 Å². The second-order valence-corrected chi connectivity index (χ2v) is 3.85. The molecule has 14 heavy (non-hydrogen) atoms. The van der Waals surface area contributed by atoms with Crippen LogP contribution in [0.3, 0.4) is 0 Å². The molecule has 0 radical (unpaired) electrons. The standard InChI is InChI=1S/C10H20N2O2/c1-3-8(2)9(11)10(13)12-4-6-14-7-5-12/h8-9H,3-7,11H2,1-2H3. The number of hydrogen-bond donors (Lipinski definition) is 1. The normalized spacial score (nSPS) is 21.8. The van der Waals surface area contributed by atoms with Crippen LogP contribution in [0.5, 0.6) is 0 Å². The van der Waals surface area contributed by atoms with Crippen LogP contribution in [0.2, 0.25) is 0 Å². The van der Waals surface area contributed by atoms with Crippen LogP contribution in [0.15, 0.2) is 0 Å². The van der Waals surface area contributed by atoms with Crippen LogP contribution in [0.4, 0.5) is 0 Å². The van der Waals surface area contributed by atoms with Crippen LogP contribution in [-0.4, -0.2) is 43.2 Å². The van der Waals surface area contributed by atoms with Gasteiger partial charge in [0.05, 0.1) is 19.3 Å². The molecule has 2 atom stereocenters. The van der Waals surface area contributed by atoms with Crippen molar-refractivity contribution in [2.24, 2.45) is 11.7 Å². The van der Waals surface area contributed by atoms with Crippen LogP contribution in [0.1, 0.15) is 20.3 Å². The number of ether oxygens (including phenoxy) is 1. The highest BCUT2D eigenvalue weighted by Gasteiger charge is 2.25. The Bertz CT molecular complexity index is 187. The van der Waals surface area contributed by atoms with Gasteiger partial charge in [-0.25, -0.2) is 0 Å². The van der Waals surface area contributed by atoms with E-state index in [4.69, 9.17) is 10.5 Å². The summed E-state index contributed by atoms with van der Waals surface area (Å²) in [6.07, 6.45) is 0.942. The maximum atomic E-state index is 11.8. The lowest BCUT2D eigenvalue weighted by molar-refractivity contribution is -0.137. The molecule has 0 aromatic heterocycles. The Balaban J connectivity index is 2.46. The van der Waals surface area contributed by atoms with Crippen LogP contribution in [0.25, 0.3) is 0 Å². The van der Waals surface area contributed by atoms with Crippen LogP contribution >= 0.6 is 0 Å². The van der Waals surface area contributed by atoms with Crippen molar-refractivity contribution in [3.05, 3.63) is 0 Å². The summed E-state index contributed by atoms with van der Waals surface area (Å²) in [5, 5.41) is 0. The van der Waals surface area contributed by atoms with E-state index in [2.05, 4.69) is 6.92 Å². The predicted octanol–water partition coefficient (Wildman–Crippen LogP) is 0.219. The van der Waals surface area contributed by atoms with E-state index in [0.29, 0.717) is 26.3 Å². The van der Waals surface area contributed by atoms with Gasteiger partial charge in [0.25, 0.3) is 0 Å². The summed E-state index contributed by atoms with van der Waals surface area (Å²) < 4.78 is 5.18. The lowest BCUT2D eigenvalue weighted by atomic mass is 9.99. The predicted molar refractivity (Wildman–Crippen MR) is 54.8 cm³/mol. The zero-order chi connectivity index (χ0) is 10.6. The molecule has 0 saturated carbocycles. The summed E-state index contributed by atoms with van der Waals surface area (Å²) in [6, 6.07) is -0.349. The van der Waals surface area contributed by atoms with Gasteiger partial charge in [-0.05, 0) is 5.92 Å². The molecule has 1 rings (SSSR count). The van der Waals surface area contributed by atoms with Crippen LogP contribution < -0.4 is 5.73 Å². The first kappa shape index (κ1) is 11.5. The third-order valence-corrected chi connectivity index (χ3v) is 2.86. The lowest BCUT2D eigenvalue weighted by Gasteiger charge is -2.30. The monoisotopic (exact) mass is 200 g/mol. The van der Waals surface area contributed by atoms with Gasteiger partial charge in [0.1, 0.15) is 0 Å². The molecule has 0 aromatic rings. The van der Waals surface area contributed by atoms with Gasteiger partial charge in [-0.2, -0.15) is 0 Å². The van der Waals surface area contributed by atoms with Crippen molar-refractivity contribution in [1.82, 2.24) is 4.90 Å². The van der Waals surface area contributed by atoms with Crippen molar-refractivity contribution >= 4 is 5.91 Å². The first-order chi connectivity index (χ1) is 6.66. The zero-order valence-electron chi connectivity index (χ0n) is 9.03. The smallest absolute Gasteiger partial charge is 0.239 e. The molecule has 1 fully saturated rings. The maximum Gasteiger partial charge on any atom is 0.239 e. The van der Waals surface area contributed by atoms with Gasteiger partial charge in [0.15, 0.2) is 0 Å². The molecule has 0 bridgehead atoms. The highest BCUT2D eigenvalue weighted by molar-refractivity contribution is 5.82. The summed E-state index contributed by atoms with van der Waals surface area (Å²) in [6.45, 7) is 6.71. The Kier molecular flexibility index (Phi) is 4.35. The van der Waals surface area contributed by atoms with Crippen molar-refractivity contribution in [3.8, 4) is 0 Å². The molecule has 4 nitrogen and oxygen atoms in total. The summed E-state index contributed by atoms with van der Waals surface area (Å²) in [5.41, 5.74) is 5.87. The van der Waals surface area contributed by atoms with Gasteiger partial charge in [0, 0.05) is 13.1 Å². The number of nitrogens with two attached hydrogens (primary N) is 1. The molecule has 2 N–H and O–H groups in total. The Morgan fingerprint density at radius 1 is 1.50 bits per heavy atom. The van der Waals surface area contributed by atoms with Gasteiger partial charge in [-0.1, -0.05) is 20.3 Å². The third-order valence-electron chi connectivity index (χ3n) is 2.86. The molecule has 1 aliphatic heterocycles. The molecule has 1 aliphatic rings. The minimum absolute atomic E-state index is 0.0719. The minimum Gasteiger partial charge on any atom is -0.378 e. The van der Waals surface area contributed by atoms with Crippen molar-refractivity contribution in [2.75, 3.05) is 26.3 Å². The Hall–Kier alpha value is -0.610. The SMILES string of the molecule is CCC(C)C(N)C(=O)N1CCOCC1. The molecule has 0 aromatic carbocycles. The maximum absolute atomic E-state index is 11.8. The Labute approximate surface area is 85.4 Å². The molecular formula is C10H20N2O2. The summed E-state index contributed by atoms with van der Waals surface area (Å²) in [5.74, 6) is 0.327.